The van der Waals surface area contributed by atoms with Gasteiger partial charge in [0.15, 0.2) is 0 Å². The summed E-state index contributed by atoms with van der Waals surface area (Å²) >= 11 is 0. The molecule has 1 aliphatic rings. The molecule has 70 valence electrons. The molecule has 0 saturated carbocycles. The number of rotatable bonds is 1. The van der Waals surface area contributed by atoms with Gasteiger partial charge in [-0.1, -0.05) is 30.3 Å². The summed E-state index contributed by atoms with van der Waals surface area (Å²) in [6.45, 7) is 3.44. The van der Waals surface area contributed by atoms with E-state index in [1.54, 1.807) is 0 Å². The van der Waals surface area contributed by atoms with Crippen LogP contribution in [0.3, 0.4) is 0 Å². The first kappa shape index (κ1) is 8.76. The average Bonchev–Trinajstić information content (AvgIpc) is 2.19. The fourth-order valence-corrected chi connectivity index (χ4v) is 2.16. The lowest BCUT2D eigenvalue weighted by molar-refractivity contribution is 0.381. The second kappa shape index (κ2) is 3.93. The minimum Gasteiger partial charge on any atom is -0.314 e. The Morgan fingerprint density at radius 2 is 2.00 bits per heavy atom. The quantitative estimate of drug-likeness (QED) is 0.691. The van der Waals surface area contributed by atoms with Crippen molar-refractivity contribution in [2.45, 2.75) is 31.7 Å². The third-order valence-electron chi connectivity index (χ3n) is 2.89. The molecular formula is C12H17N. The normalized spacial score (nSPS) is 28.7. The predicted molar refractivity (Wildman–Crippen MR) is 55.9 cm³/mol. The first-order chi connectivity index (χ1) is 6.36. The Balaban J connectivity index is 2.08. The van der Waals surface area contributed by atoms with Crippen LogP contribution < -0.4 is 5.32 Å². The van der Waals surface area contributed by atoms with E-state index in [1.165, 1.54) is 24.9 Å². The van der Waals surface area contributed by atoms with Crippen LogP contribution in [-0.4, -0.2) is 12.6 Å². The van der Waals surface area contributed by atoms with E-state index in [2.05, 4.69) is 42.6 Å². The molecule has 13 heavy (non-hydrogen) atoms. The molecule has 1 nitrogen and oxygen atoms in total. The SMILES string of the molecule is CC1CC(c2ccccc2)CCN1. The van der Waals surface area contributed by atoms with Crippen molar-refractivity contribution < 1.29 is 0 Å². The van der Waals surface area contributed by atoms with Crippen molar-refractivity contribution in [1.82, 2.24) is 5.32 Å². The van der Waals surface area contributed by atoms with Crippen molar-refractivity contribution in [3.05, 3.63) is 35.9 Å². The van der Waals surface area contributed by atoms with Gasteiger partial charge in [0.2, 0.25) is 0 Å². The highest BCUT2D eigenvalue weighted by Crippen LogP contribution is 2.26. The molecule has 0 aromatic heterocycles. The lowest BCUT2D eigenvalue weighted by Gasteiger charge is -2.28. The van der Waals surface area contributed by atoms with Crippen LogP contribution in [-0.2, 0) is 0 Å². The molecule has 2 atom stereocenters. The van der Waals surface area contributed by atoms with Crippen LogP contribution >= 0.6 is 0 Å². The number of piperidine rings is 1. The topological polar surface area (TPSA) is 12.0 Å². The highest BCUT2D eigenvalue weighted by atomic mass is 14.9. The lowest BCUT2D eigenvalue weighted by atomic mass is 9.87. The van der Waals surface area contributed by atoms with E-state index >= 15 is 0 Å². The molecule has 1 heterocycles. The summed E-state index contributed by atoms with van der Waals surface area (Å²) in [4.78, 5) is 0. The van der Waals surface area contributed by atoms with Gasteiger partial charge >= 0.3 is 0 Å². The number of nitrogens with one attached hydrogen (secondary N) is 1. The minimum atomic E-state index is 0.680. The van der Waals surface area contributed by atoms with Gasteiger partial charge in [0.25, 0.3) is 0 Å². The number of hydrogen-bond acceptors (Lipinski definition) is 1. The van der Waals surface area contributed by atoms with Crippen LogP contribution in [0, 0.1) is 0 Å². The fourth-order valence-electron chi connectivity index (χ4n) is 2.16. The minimum absolute atomic E-state index is 0.680. The summed E-state index contributed by atoms with van der Waals surface area (Å²) in [6.07, 6.45) is 2.57. The molecule has 0 aliphatic carbocycles. The maximum Gasteiger partial charge on any atom is 0.00445 e. The van der Waals surface area contributed by atoms with Gasteiger partial charge in [0.1, 0.15) is 0 Å². The largest absolute Gasteiger partial charge is 0.314 e. The molecule has 0 amide bonds. The van der Waals surface area contributed by atoms with Crippen molar-refractivity contribution in [2.75, 3.05) is 6.54 Å². The molecule has 0 bridgehead atoms. The van der Waals surface area contributed by atoms with Gasteiger partial charge in [0, 0.05) is 6.04 Å². The van der Waals surface area contributed by atoms with Crippen molar-refractivity contribution in [1.29, 1.82) is 0 Å². The van der Waals surface area contributed by atoms with Gasteiger partial charge in [-0.15, -0.1) is 0 Å². The summed E-state index contributed by atoms with van der Waals surface area (Å²) in [6, 6.07) is 11.6. The standard InChI is InChI=1S/C12H17N/c1-10-9-12(7-8-13-10)11-5-3-2-4-6-11/h2-6,10,12-13H,7-9H2,1H3. The van der Waals surface area contributed by atoms with Gasteiger partial charge in [0.05, 0.1) is 0 Å². The monoisotopic (exact) mass is 175 g/mol. The highest BCUT2D eigenvalue weighted by Gasteiger charge is 2.18. The zero-order valence-corrected chi connectivity index (χ0v) is 8.16. The first-order valence-corrected chi connectivity index (χ1v) is 5.14. The summed E-state index contributed by atoms with van der Waals surface area (Å²) in [5.41, 5.74) is 1.51. The Morgan fingerprint density at radius 1 is 1.23 bits per heavy atom. The maximum atomic E-state index is 3.48. The molecular weight excluding hydrogens is 158 g/mol. The Morgan fingerprint density at radius 3 is 2.69 bits per heavy atom. The molecule has 1 aromatic carbocycles. The van der Waals surface area contributed by atoms with Gasteiger partial charge in [-0.25, -0.2) is 0 Å². The maximum absolute atomic E-state index is 3.48. The van der Waals surface area contributed by atoms with E-state index in [-0.39, 0.29) is 0 Å². The van der Waals surface area contributed by atoms with Gasteiger partial charge in [-0.2, -0.15) is 0 Å². The van der Waals surface area contributed by atoms with Crippen LogP contribution in [0.15, 0.2) is 30.3 Å². The van der Waals surface area contributed by atoms with Crippen molar-refractivity contribution in [2.24, 2.45) is 0 Å². The van der Waals surface area contributed by atoms with E-state index in [0.29, 0.717) is 6.04 Å². The third-order valence-corrected chi connectivity index (χ3v) is 2.89. The summed E-state index contributed by atoms with van der Waals surface area (Å²) in [5, 5.41) is 3.48. The lowest BCUT2D eigenvalue weighted by Crippen LogP contribution is -2.34. The second-order valence-corrected chi connectivity index (χ2v) is 3.99. The highest BCUT2D eigenvalue weighted by molar-refractivity contribution is 5.20. The molecule has 0 radical (unpaired) electrons. The Kier molecular flexibility index (Phi) is 2.65. The Hall–Kier alpha value is -0.820. The summed E-state index contributed by atoms with van der Waals surface area (Å²) in [5.74, 6) is 0.775. The van der Waals surface area contributed by atoms with Gasteiger partial charge < -0.3 is 5.32 Å². The Labute approximate surface area is 80.2 Å². The molecule has 1 aromatic rings. The van der Waals surface area contributed by atoms with Gasteiger partial charge in [-0.05, 0) is 37.8 Å². The van der Waals surface area contributed by atoms with E-state index < -0.39 is 0 Å². The van der Waals surface area contributed by atoms with E-state index in [0.717, 1.165) is 5.92 Å². The second-order valence-electron chi connectivity index (χ2n) is 3.99. The smallest absolute Gasteiger partial charge is 0.00445 e. The van der Waals surface area contributed by atoms with Crippen LogP contribution in [0.5, 0.6) is 0 Å². The molecule has 1 saturated heterocycles. The van der Waals surface area contributed by atoms with Crippen molar-refractivity contribution in [3.63, 3.8) is 0 Å². The zero-order valence-electron chi connectivity index (χ0n) is 8.16. The van der Waals surface area contributed by atoms with Gasteiger partial charge in [-0.3, -0.25) is 0 Å². The van der Waals surface area contributed by atoms with E-state index in [9.17, 15) is 0 Å². The van der Waals surface area contributed by atoms with Crippen LogP contribution in [0.2, 0.25) is 0 Å². The summed E-state index contributed by atoms with van der Waals surface area (Å²) in [7, 11) is 0. The van der Waals surface area contributed by atoms with E-state index in [1.807, 2.05) is 0 Å². The predicted octanol–water partition coefficient (Wildman–Crippen LogP) is 2.54. The molecule has 0 spiro atoms. The average molecular weight is 175 g/mol. The zero-order chi connectivity index (χ0) is 9.10. The first-order valence-electron chi connectivity index (χ1n) is 5.14. The third kappa shape index (κ3) is 2.10. The van der Waals surface area contributed by atoms with Crippen LogP contribution in [0.1, 0.15) is 31.2 Å². The number of benzene rings is 1. The molecule has 1 N–H and O–H groups in total. The summed E-state index contributed by atoms with van der Waals surface area (Å²) < 4.78 is 0. The van der Waals surface area contributed by atoms with Crippen LogP contribution in [0.4, 0.5) is 0 Å². The van der Waals surface area contributed by atoms with Crippen molar-refractivity contribution >= 4 is 0 Å². The Bertz CT molecular complexity index is 255. The fraction of sp³-hybridized carbons (Fsp3) is 0.500. The molecule has 2 rings (SSSR count). The molecule has 1 fully saturated rings. The molecule has 1 heteroatoms. The van der Waals surface area contributed by atoms with Crippen LogP contribution in [0.25, 0.3) is 0 Å². The van der Waals surface area contributed by atoms with E-state index in [4.69, 9.17) is 0 Å². The molecule has 2 unspecified atom stereocenters. The van der Waals surface area contributed by atoms with Crippen molar-refractivity contribution in [3.8, 4) is 0 Å². The number of hydrogen-bond donors (Lipinski definition) is 1. The molecule has 1 aliphatic heterocycles.